The lowest BCUT2D eigenvalue weighted by Gasteiger charge is -2.49. The molecule has 364 valence electrons. The minimum atomic E-state index is -2.28. The van der Waals surface area contributed by atoms with Crippen LogP contribution in [-0.4, -0.2) is 90.9 Å². The van der Waals surface area contributed by atoms with Crippen LogP contribution in [0.5, 0.6) is 0 Å². The summed E-state index contributed by atoms with van der Waals surface area (Å²) in [5, 5.41) is 12.6. The summed E-state index contributed by atoms with van der Waals surface area (Å²) in [6, 6.07) is 46.9. The number of azide groups is 1. The van der Waals surface area contributed by atoms with Crippen LogP contribution in [0.1, 0.15) is 27.8 Å². The Labute approximate surface area is 417 Å². The Hall–Kier alpha value is -4.87. The topological polar surface area (TPSA) is 165 Å². The van der Waals surface area contributed by atoms with Crippen LogP contribution in [0.25, 0.3) is 10.4 Å². The second-order valence-corrected chi connectivity index (χ2v) is 18.5. The van der Waals surface area contributed by atoms with E-state index in [1.54, 1.807) is 6.08 Å². The Morgan fingerprint density at radius 2 is 0.971 bits per heavy atom. The van der Waals surface area contributed by atoms with Crippen LogP contribution < -0.4 is 0 Å². The van der Waals surface area contributed by atoms with Gasteiger partial charge < -0.3 is 47.4 Å². The lowest BCUT2D eigenvalue weighted by Crippen LogP contribution is -2.66. The lowest BCUT2D eigenvalue weighted by molar-refractivity contribution is -0.360. The van der Waals surface area contributed by atoms with E-state index in [0.717, 1.165) is 27.8 Å². The molecule has 2 aliphatic rings. The molecule has 17 heteroatoms. The van der Waals surface area contributed by atoms with Crippen molar-refractivity contribution in [1.29, 1.82) is 5.41 Å². The number of nitrogens with zero attached hydrogens (tertiary/aromatic N) is 3. The largest absolute Gasteiger partial charge is 0.448 e. The second-order valence-electron chi connectivity index (χ2n) is 16.2. The molecule has 14 nitrogen and oxygen atoms in total. The van der Waals surface area contributed by atoms with Crippen molar-refractivity contribution in [3.05, 3.63) is 203 Å². The third kappa shape index (κ3) is 15.6. The van der Waals surface area contributed by atoms with E-state index in [2.05, 4.69) is 16.6 Å². The first-order valence-corrected chi connectivity index (χ1v) is 23.6. The van der Waals surface area contributed by atoms with Gasteiger partial charge in [0.25, 0.3) is 3.79 Å². The molecule has 69 heavy (non-hydrogen) atoms. The van der Waals surface area contributed by atoms with Gasteiger partial charge >= 0.3 is 0 Å². The molecule has 5 aromatic rings. The van der Waals surface area contributed by atoms with E-state index < -0.39 is 71.0 Å². The molecule has 2 fully saturated rings. The predicted molar refractivity (Wildman–Crippen MR) is 261 cm³/mol. The van der Waals surface area contributed by atoms with E-state index in [1.807, 2.05) is 152 Å². The van der Waals surface area contributed by atoms with Gasteiger partial charge in [0.05, 0.1) is 52.9 Å². The van der Waals surface area contributed by atoms with Gasteiger partial charge in [-0.25, -0.2) is 0 Å². The molecular formula is C52H55Cl3N4O10. The van der Waals surface area contributed by atoms with Crippen LogP contribution in [0.2, 0.25) is 0 Å². The maximum absolute atomic E-state index is 10.1. The van der Waals surface area contributed by atoms with Gasteiger partial charge in [-0.2, -0.15) is 0 Å². The van der Waals surface area contributed by atoms with Gasteiger partial charge in [-0.15, -0.1) is 6.58 Å². The fraction of sp³-hybridized carbons (Fsp3) is 0.365. The Morgan fingerprint density at radius 3 is 1.41 bits per heavy atom. The molecule has 7 rings (SSSR count). The molecule has 1 N–H and O–H groups in total. The first kappa shape index (κ1) is 52.0. The van der Waals surface area contributed by atoms with E-state index >= 15 is 0 Å². The molecule has 2 heterocycles. The van der Waals surface area contributed by atoms with Crippen molar-refractivity contribution in [3.63, 3.8) is 0 Å². The van der Waals surface area contributed by atoms with E-state index in [0.29, 0.717) is 0 Å². The van der Waals surface area contributed by atoms with Gasteiger partial charge in [-0.1, -0.05) is 198 Å². The number of ether oxygens (including phenoxy) is 10. The van der Waals surface area contributed by atoms with E-state index in [-0.39, 0.29) is 52.9 Å². The maximum Gasteiger partial charge on any atom is 0.265 e. The zero-order valence-electron chi connectivity index (χ0n) is 37.7. The number of hydrogen-bond acceptors (Lipinski definition) is 12. The average molecular weight is 1000 g/mol. The zero-order valence-corrected chi connectivity index (χ0v) is 40.0. The minimum Gasteiger partial charge on any atom is -0.448 e. The van der Waals surface area contributed by atoms with Crippen molar-refractivity contribution in [2.45, 2.75) is 98.2 Å². The van der Waals surface area contributed by atoms with Crippen LogP contribution in [0.15, 0.2) is 169 Å². The highest BCUT2D eigenvalue weighted by Crippen LogP contribution is 2.38. The second kappa shape index (κ2) is 26.9. The number of halogens is 3. The minimum absolute atomic E-state index is 0.0327. The Bertz CT molecular complexity index is 2340. The molecule has 2 aliphatic heterocycles. The first-order chi connectivity index (χ1) is 33.7. The van der Waals surface area contributed by atoms with Gasteiger partial charge in [-0.05, 0) is 33.3 Å². The average Bonchev–Trinajstić information content (AvgIpc) is 3.37. The van der Waals surface area contributed by atoms with Crippen molar-refractivity contribution < 1.29 is 47.4 Å². The maximum atomic E-state index is 10.1. The van der Waals surface area contributed by atoms with Crippen molar-refractivity contribution >= 4 is 40.7 Å². The summed E-state index contributed by atoms with van der Waals surface area (Å²) in [4.78, 5) is 3.15. The van der Waals surface area contributed by atoms with Gasteiger partial charge in [0.15, 0.2) is 6.29 Å². The molecule has 0 saturated carbocycles. The molecule has 10 atom stereocenters. The highest BCUT2D eigenvalue weighted by Gasteiger charge is 2.55. The highest BCUT2D eigenvalue weighted by atomic mass is 35.6. The quantitative estimate of drug-likeness (QED) is 0.0120. The van der Waals surface area contributed by atoms with Crippen LogP contribution >= 0.6 is 34.8 Å². The van der Waals surface area contributed by atoms with Crippen molar-refractivity contribution in [2.24, 2.45) is 5.11 Å². The number of hydrogen-bond donors (Lipinski definition) is 1. The standard InChI is InChI=1S/C52H55Cl3N4O10/c1-2-28-62-47-44(63-31-38-22-12-5-13-23-38)41(34-60-29-36-18-8-3-9-19-36)67-50(48(47)65-33-40-26-16-7-17-27-40)68-45-42(35-61-30-37-20-10-4-11-21-37)66-49(69-51(56)52(53,54)55)43(58-59-57)46(45)64-32-39-24-14-6-15-25-39/h2-27,41-50,56H,1,28-35H2/t41-,42-,43-,44+,45-,46-,47+,48-,49+,50+/m1/s1. The predicted octanol–water partition coefficient (Wildman–Crippen LogP) is 10.6. The summed E-state index contributed by atoms with van der Waals surface area (Å²) in [7, 11) is 0. The number of alkyl halides is 3. The molecule has 0 radical (unpaired) electrons. The van der Waals surface area contributed by atoms with Gasteiger partial charge in [0.1, 0.15) is 48.8 Å². The van der Waals surface area contributed by atoms with Crippen LogP contribution in [0, 0.1) is 5.41 Å². The number of rotatable bonds is 24. The zero-order chi connectivity index (χ0) is 48.3. The summed E-state index contributed by atoms with van der Waals surface area (Å²) in [5.41, 5.74) is 14.5. The number of nitrogens with one attached hydrogen (secondary N) is 1. The highest BCUT2D eigenvalue weighted by molar-refractivity contribution is 6.76. The summed E-state index contributed by atoms with van der Waals surface area (Å²) in [6.07, 6.45) is -7.87. The Balaban J connectivity index is 1.29. The fourth-order valence-corrected chi connectivity index (χ4v) is 8.04. The van der Waals surface area contributed by atoms with E-state index in [9.17, 15) is 5.53 Å². The normalized spacial score (nSPS) is 24.7. The van der Waals surface area contributed by atoms with Crippen molar-refractivity contribution in [3.8, 4) is 0 Å². The summed E-state index contributed by atoms with van der Waals surface area (Å²) >= 11 is 18.4. The van der Waals surface area contributed by atoms with Gasteiger partial charge in [0, 0.05) is 4.91 Å². The number of benzene rings is 5. The molecule has 0 aromatic heterocycles. The smallest absolute Gasteiger partial charge is 0.265 e. The summed E-state index contributed by atoms with van der Waals surface area (Å²) in [5.74, 6) is -0.771. The molecule has 0 spiro atoms. The van der Waals surface area contributed by atoms with Crippen LogP contribution in [0.4, 0.5) is 0 Å². The van der Waals surface area contributed by atoms with E-state index in [1.165, 1.54) is 0 Å². The fourth-order valence-electron chi connectivity index (χ4n) is 7.90. The molecule has 5 aromatic carbocycles. The summed E-state index contributed by atoms with van der Waals surface area (Å²) in [6.45, 7) is 4.90. The Kier molecular flexibility index (Phi) is 20.3. The van der Waals surface area contributed by atoms with Crippen LogP contribution in [-0.2, 0) is 80.4 Å². The third-order valence-electron chi connectivity index (χ3n) is 11.2. The van der Waals surface area contributed by atoms with Gasteiger partial charge in [0.2, 0.25) is 12.2 Å². The first-order valence-electron chi connectivity index (χ1n) is 22.5. The third-order valence-corrected chi connectivity index (χ3v) is 11.7. The van der Waals surface area contributed by atoms with Crippen LogP contribution in [0.3, 0.4) is 0 Å². The molecule has 0 amide bonds. The van der Waals surface area contributed by atoms with Gasteiger partial charge in [-0.3, -0.25) is 5.41 Å². The lowest BCUT2D eigenvalue weighted by atomic mass is 9.95. The van der Waals surface area contributed by atoms with Crippen molar-refractivity contribution in [2.75, 3.05) is 19.8 Å². The molecular weight excluding hydrogens is 947 g/mol. The van der Waals surface area contributed by atoms with Crippen molar-refractivity contribution in [1.82, 2.24) is 0 Å². The SMILES string of the molecule is C=CCO[C@H]1[C@@H](OCc2ccccc2)[C@@H](COCc2ccccc2)O[C@@H](O[C@H]2[C@H](OCc3ccccc3)[C@@H](N=[N+]=[N-])[C@H](OC(=N)C(Cl)(Cl)Cl)O[C@@H]2COCc2ccccc2)[C@@H]1OCc1ccccc1. The van der Waals surface area contributed by atoms with E-state index in [4.69, 9.17) is 87.6 Å². The molecule has 0 bridgehead atoms. The monoisotopic (exact) mass is 1000 g/mol. The summed E-state index contributed by atoms with van der Waals surface area (Å²) < 4.78 is 64.1. The Morgan fingerprint density at radius 1 is 0.565 bits per heavy atom. The molecule has 2 saturated heterocycles. The molecule has 0 aliphatic carbocycles. The molecule has 0 unspecified atom stereocenters.